The molecule has 6 nitrogen and oxygen atoms in total. The van der Waals surface area contributed by atoms with Crippen molar-refractivity contribution in [3.8, 4) is 0 Å². The molecule has 122 valence electrons. The van der Waals surface area contributed by atoms with Crippen LogP contribution in [0, 0.1) is 17.0 Å². The molecule has 0 unspecified atom stereocenters. The summed E-state index contributed by atoms with van der Waals surface area (Å²) in [4.78, 5) is 27.2. The maximum absolute atomic E-state index is 12.1. The van der Waals surface area contributed by atoms with Crippen molar-refractivity contribution in [1.82, 2.24) is 5.32 Å². The van der Waals surface area contributed by atoms with Gasteiger partial charge >= 0.3 is 0 Å². The van der Waals surface area contributed by atoms with Crippen molar-refractivity contribution >= 4 is 34.2 Å². The smallest absolute Gasteiger partial charge is 0.272 e. The standard InChI is InChI=1S/C17H15N3O3S/c1-11-5-4-7-13(9-11)18-17-19-16(21)15(24-17)10-12-6-2-3-8-14(12)20(22)23/h2-9,15H,10H2,1H3,(H,18,19,21)/t15-/m0/s1. The SMILES string of the molecule is Cc1cccc(N=C2NC(=O)[C@H](Cc3ccccc3[N+](=O)[O-])S2)c1. The van der Waals surface area contributed by atoms with E-state index in [4.69, 9.17) is 0 Å². The summed E-state index contributed by atoms with van der Waals surface area (Å²) in [7, 11) is 0. The van der Waals surface area contributed by atoms with Gasteiger partial charge in [0, 0.05) is 18.1 Å². The molecule has 0 radical (unpaired) electrons. The van der Waals surface area contributed by atoms with Gasteiger partial charge in [-0.2, -0.15) is 0 Å². The van der Waals surface area contributed by atoms with Crippen molar-refractivity contribution in [3.05, 3.63) is 69.8 Å². The highest BCUT2D eigenvalue weighted by Gasteiger charge is 2.32. The molecule has 24 heavy (non-hydrogen) atoms. The van der Waals surface area contributed by atoms with Gasteiger partial charge in [0.05, 0.1) is 15.9 Å². The Hall–Kier alpha value is -2.67. The number of benzene rings is 2. The summed E-state index contributed by atoms with van der Waals surface area (Å²) in [6.07, 6.45) is 0.292. The minimum Gasteiger partial charge on any atom is -0.304 e. The zero-order valence-corrected chi connectivity index (χ0v) is 13.7. The predicted molar refractivity (Wildman–Crippen MR) is 94.6 cm³/mol. The maximum atomic E-state index is 12.1. The van der Waals surface area contributed by atoms with Gasteiger partial charge in [0.1, 0.15) is 0 Å². The minimum atomic E-state index is -0.422. The molecule has 1 N–H and O–H groups in total. The number of nitro groups is 1. The third-order valence-corrected chi connectivity index (χ3v) is 4.68. The lowest BCUT2D eigenvalue weighted by Gasteiger charge is -2.05. The van der Waals surface area contributed by atoms with Gasteiger partial charge in [0.2, 0.25) is 5.91 Å². The zero-order chi connectivity index (χ0) is 17.1. The number of rotatable bonds is 4. The predicted octanol–water partition coefficient (Wildman–Crippen LogP) is 3.37. The number of amidine groups is 1. The molecule has 1 aliphatic rings. The molecule has 0 saturated carbocycles. The van der Waals surface area contributed by atoms with Crippen molar-refractivity contribution < 1.29 is 9.72 Å². The lowest BCUT2D eigenvalue weighted by Crippen LogP contribution is -2.26. The molecule has 1 heterocycles. The molecule has 3 rings (SSSR count). The van der Waals surface area contributed by atoms with E-state index < -0.39 is 10.2 Å². The summed E-state index contributed by atoms with van der Waals surface area (Å²) < 4.78 is 0. The van der Waals surface area contributed by atoms with Crippen molar-refractivity contribution in [1.29, 1.82) is 0 Å². The van der Waals surface area contributed by atoms with E-state index in [1.165, 1.54) is 17.8 Å². The summed E-state index contributed by atoms with van der Waals surface area (Å²) in [6.45, 7) is 1.97. The van der Waals surface area contributed by atoms with Crippen LogP contribution in [0.15, 0.2) is 53.5 Å². The average Bonchev–Trinajstić information content (AvgIpc) is 2.87. The number of nitrogens with one attached hydrogen (secondary N) is 1. The Morgan fingerprint density at radius 1 is 1.25 bits per heavy atom. The highest BCUT2D eigenvalue weighted by Crippen LogP contribution is 2.28. The van der Waals surface area contributed by atoms with Crippen LogP contribution >= 0.6 is 11.8 Å². The number of para-hydroxylation sites is 1. The first-order chi connectivity index (χ1) is 11.5. The van der Waals surface area contributed by atoms with Gasteiger partial charge in [-0.3, -0.25) is 14.9 Å². The molecule has 1 amide bonds. The summed E-state index contributed by atoms with van der Waals surface area (Å²) in [5.41, 5.74) is 2.44. The van der Waals surface area contributed by atoms with Gasteiger partial charge in [0.25, 0.3) is 5.69 Å². The summed E-state index contributed by atoms with van der Waals surface area (Å²) in [5, 5.41) is 13.9. The fourth-order valence-corrected chi connectivity index (χ4v) is 3.48. The van der Waals surface area contributed by atoms with Crippen LogP contribution in [0.2, 0.25) is 0 Å². The Bertz CT molecular complexity index is 835. The average molecular weight is 341 g/mol. The van der Waals surface area contributed by atoms with Gasteiger partial charge in [-0.15, -0.1) is 0 Å². The van der Waals surface area contributed by atoms with Crippen LogP contribution in [0.5, 0.6) is 0 Å². The second-order valence-electron chi connectivity index (χ2n) is 5.44. The van der Waals surface area contributed by atoms with Gasteiger partial charge in [0.15, 0.2) is 5.17 Å². The topological polar surface area (TPSA) is 84.6 Å². The summed E-state index contributed by atoms with van der Waals surface area (Å²) in [5.74, 6) is -0.176. The zero-order valence-electron chi connectivity index (χ0n) is 12.9. The van der Waals surface area contributed by atoms with Crippen molar-refractivity contribution in [2.75, 3.05) is 0 Å². The number of nitro benzene ring substituents is 1. The Labute approximate surface area is 143 Å². The molecule has 2 aromatic rings. The second-order valence-corrected chi connectivity index (χ2v) is 6.63. The minimum absolute atomic E-state index is 0.0370. The van der Waals surface area contributed by atoms with E-state index in [9.17, 15) is 14.9 Å². The van der Waals surface area contributed by atoms with Gasteiger partial charge in [-0.05, 0) is 24.6 Å². The van der Waals surface area contributed by atoms with Crippen LogP contribution in [0.3, 0.4) is 0 Å². The molecule has 1 atom stereocenters. The Morgan fingerprint density at radius 3 is 2.79 bits per heavy atom. The number of hydrogen-bond donors (Lipinski definition) is 1. The van der Waals surface area contributed by atoms with Crippen LogP contribution in [-0.4, -0.2) is 21.2 Å². The van der Waals surface area contributed by atoms with Crippen molar-refractivity contribution in [3.63, 3.8) is 0 Å². The summed E-state index contributed by atoms with van der Waals surface area (Å²) in [6, 6.07) is 14.2. The Kier molecular flexibility index (Phi) is 4.61. The first kappa shape index (κ1) is 16.2. The fraction of sp³-hybridized carbons (Fsp3) is 0.176. The van der Waals surface area contributed by atoms with E-state index in [1.807, 2.05) is 31.2 Å². The lowest BCUT2D eigenvalue weighted by molar-refractivity contribution is -0.385. The largest absolute Gasteiger partial charge is 0.304 e. The lowest BCUT2D eigenvalue weighted by atomic mass is 10.1. The van der Waals surface area contributed by atoms with Crippen molar-refractivity contribution in [2.45, 2.75) is 18.6 Å². The normalized spacial score (nSPS) is 18.6. The molecule has 0 aliphatic carbocycles. The quantitative estimate of drug-likeness (QED) is 0.682. The molecule has 1 saturated heterocycles. The molecular weight excluding hydrogens is 326 g/mol. The second kappa shape index (κ2) is 6.84. The Morgan fingerprint density at radius 2 is 2.04 bits per heavy atom. The highest BCUT2D eigenvalue weighted by molar-refractivity contribution is 8.15. The molecule has 1 fully saturated rings. The van der Waals surface area contributed by atoms with E-state index >= 15 is 0 Å². The van der Waals surface area contributed by atoms with E-state index in [1.54, 1.807) is 18.2 Å². The van der Waals surface area contributed by atoms with Crippen LogP contribution in [0.25, 0.3) is 0 Å². The fourth-order valence-electron chi connectivity index (χ4n) is 2.47. The number of thioether (sulfide) groups is 1. The molecule has 1 aliphatic heterocycles. The molecule has 0 bridgehead atoms. The van der Waals surface area contributed by atoms with E-state index in [0.29, 0.717) is 17.2 Å². The number of carbonyl (C=O) groups is 1. The number of aliphatic imine (C=N–C) groups is 1. The summed E-state index contributed by atoms with van der Waals surface area (Å²) >= 11 is 1.30. The van der Waals surface area contributed by atoms with Gasteiger partial charge < -0.3 is 5.32 Å². The molecule has 7 heteroatoms. The number of nitrogens with zero attached hydrogens (tertiary/aromatic N) is 2. The van der Waals surface area contributed by atoms with E-state index in [-0.39, 0.29) is 11.6 Å². The number of carbonyl (C=O) groups excluding carboxylic acids is 1. The van der Waals surface area contributed by atoms with Crippen LogP contribution < -0.4 is 5.32 Å². The molecule has 0 aromatic heterocycles. The first-order valence-corrected chi connectivity index (χ1v) is 8.26. The van der Waals surface area contributed by atoms with Crippen LogP contribution in [0.1, 0.15) is 11.1 Å². The third kappa shape index (κ3) is 3.62. The van der Waals surface area contributed by atoms with E-state index in [0.717, 1.165) is 11.3 Å². The monoisotopic (exact) mass is 341 g/mol. The Balaban J connectivity index is 1.77. The van der Waals surface area contributed by atoms with Gasteiger partial charge in [-0.25, -0.2) is 4.99 Å². The number of amides is 1. The maximum Gasteiger partial charge on any atom is 0.272 e. The molecule has 2 aromatic carbocycles. The van der Waals surface area contributed by atoms with Crippen LogP contribution in [-0.2, 0) is 11.2 Å². The first-order valence-electron chi connectivity index (χ1n) is 7.38. The number of hydrogen-bond acceptors (Lipinski definition) is 5. The third-order valence-electron chi connectivity index (χ3n) is 3.60. The number of aryl methyl sites for hydroxylation is 1. The van der Waals surface area contributed by atoms with Gasteiger partial charge in [-0.1, -0.05) is 42.1 Å². The molecular formula is C17H15N3O3S. The molecule has 0 spiro atoms. The van der Waals surface area contributed by atoms with Crippen LogP contribution in [0.4, 0.5) is 11.4 Å². The van der Waals surface area contributed by atoms with E-state index in [2.05, 4.69) is 10.3 Å². The van der Waals surface area contributed by atoms with Crippen molar-refractivity contribution in [2.24, 2.45) is 4.99 Å². The highest BCUT2D eigenvalue weighted by atomic mass is 32.2.